The van der Waals surface area contributed by atoms with E-state index in [4.69, 9.17) is 24.0 Å². The minimum atomic E-state index is 0.444. The molecule has 4 aromatic rings. The Labute approximate surface area is 192 Å². The highest BCUT2D eigenvalue weighted by atomic mass is 16.5. The summed E-state index contributed by atoms with van der Waals surface area (Å²) in [7, 11) is 3.21. The molecule has 0 unspecified atom stereocenters. The Kier molecular flexibility index (Phi) is 5.83. The summed E-state index contributed by atoms with van der Waals surface area (Å²) in [6, 6.07) is 15.7. The van der Waals surface area contributed by atoms with Gasteiger partial charge < -0.3 is 23.8 Å². The maximum atomic E-state index is 5.75. The van der Waals surface area contributed by atoms with Crippen LogP contribution in [0.2, 0.25) is 0 Å². The molecule has 0 radical (unpaired) electrons. The Morgan fingerprint density at radius 1 is 0.909 bits per heavy atom. The number of pyridine rings is 1. The van der Waals surface area contributed by atoms with Crippen LogP contribution < -0.4 is 14.4 Å². The van der Waals surface area contributed by atoms with Crippen molar-refractivity contribution in [2.24, 2.45) is 0 Å². The van der Waals surface area contributed by atoms with Gasteiger partial charge >= 0.3 is 0 Å². The molecule has 0 spiro atoms. The first-order chi connectivity index (χ1) is 16.2. The zero-order valence-corrected chi connectivity index (χ0v) is 19.1. The van der Waals surface area contributed by atoms with E-state index in [0.717, 1.165) is 55.0 Å². The minimum Gasteiger partial charge on any atom is -0.493 e. The standard InChI is InChI=1S/C25H27N5O3/c1-4-29-12-14-30(15-13-29)22-16-19(17-8-5-6-10-20(17)26-22)25-27-24(28-33-25)18-9-7-11-21(31-2)23(18)32-3/h5-11,16H,4,12-15H2,1-3H3. The number of anilines is 1. The number of para-hydroxylation sites is 2. The Balaban J connectivity index is 1.57. The van der Waals surface area contributed by atoms with Crippen LogP contribution in [0.1, 0.15) is 6.92 Å². The number of ether oxygens (including phenoxy) is 2. The summed E-state index contributed by atoms with van der Waals surface area (Å²) < 4.78 is 16.7. The highest BCUT2D eigenvalue weighted by Crippen LogP contribution is 2.38. The van der Waals surface area contributed by atoms with Crippen LogP contribution >= 0.6 is 0 Å². The molecule has 1 saturated heterocycles. The Morgan fingerprint density at radius 2 is 1.73 bits per heavy atom. The first kappa shape index (κ1) is 21.2. The highest BCUT2D eigenvalue weighted by molar-refractivity contribution is 5.94. The molecule has 0 aliphatic carbocycles. The van der Waals surface area contributed by atoms with Crippen molar-refractivity contribution in [3.8, 4) is 34.3 Å². The fourth-order valence-electron chi connectivity index (χ4n) is 4.30. The van der Waals surface area contributed by atoms with E-state index < -0.39 is 0 Å². The highest BCUT2D eigenvalue weighted by Gasteiger charge is 2.22. The van der Waals surface area contributed by atoms with Gasteiger partial charge in [0.2, 0.25) is 5.82 Å². The van der Waals surface area contributed by atoms with Gasteiger partial charge in [0.15, 0.2) is 11.5 Å². The first-order valence-electron chi connectivity index (χ1n) is 11.1. The molecule has 3 heterocycles. The molecule has 2 aromatic heterocycles. The molecule has 0 N–H and O–H groups in total. The van der Waals surface area contributed by atoms with Crippen molar-refractivity contribution in [3.63, 3.8) is 0 Å². The number of fused-ring (bicyclic) bond motifs is 1. The van der Waals surface area contributed by atoms with E-state index in [1.54, 1.807) is 14.2 Å². The van der Waals surface area contributed by atoms with E-state index in [-0.39, 0.29) is 0 Å². The lowest BCUT2D eigenvalue weighted by Gasteiger charge is -2.35. The third-order valence-corrected chi connectivity index (χ3v) is 6.15. The molecule has 8 heteroatoms. The molecule has 0 saturated carbocycles. The Hall–Kier alpha value is -3.65. The second kappa shape index (κ2) is 9.07. The predicted molar refractivity (Wildman–Crippen MR) is 128 cm³/mol. The van der Waals surface area contributed by atoms with Crippen molar-refractivity contribution in [1.82, 2.24) is 20.0 Å². The number of benzene rings is 2. The van der Waals surface area contributed by atoms with Crippen LogP contribution in [-0.4, -0.2) is 67.0 Å². The Bertz CT molecular complexity index is 1260. The second-order valence-electron chi connectivity index (χ2n) is 7.93. The normalized spacial score (nSPS) is 14.6. The van der Waals surface area contributed by atoms with E-state index in [9.17, 15) is 0 Å². The van der Waals surface area contributed by atoms with Gasteiger partial charge in [0.25, 0.3) is 5.89 Å². The van der Waals surface area contributed by atoms with Crippen molar-refractivity contribution in [2.45, 2.75) is 6.92 Å². The third kappa shape index (κ3) is 3.98. The fourth-order valence-corrected chi connectivity index (χ4v) is 4.30. The molecule has 1 aliphatic heterocycles. The third-order valence-electron chi connectivity index (χ3n) is 6.15. The monoisotopic (exact) mass is 445 g/mol. The molecule has 0 atom stereocenters. The molecule has 2 aromatic carbocycles. The van der Waals surface area contributed by atoms with E-state index in [1.165, 1.54) is 0 Å². The van der Waals surface area contributed by atoms with Crippen LogP contribution in [0.5, 0.6) is 11.5 Å². The molecule has 1 fully saturated rings. The van der Waals surface area contributed by atoms with Crippen LogP contribution in [0.15, 0.2) is 53.1 Å². The van der Waals surface area contributed by atoms with Crippen LogP contribution in [0.4, 0.5) is 5.82 Å². The molecule has 170 valence electrons. The number of piperazine rings is 1. The maximum absolute atomic E-state index is 5.75. The number of likely N-dealkylation sites (N-methyl/N-ethyl adjacent to an activating group) is 1. The summed E-state index contributed by atoms with van der Waals surface area (Å²) >= 11 is 0. The quantitative estimate of drug-likeness (QED) is 0.439. The number of aromatic nitrogens is 3. The number of hydrogen-bond donors (Lipinski definition) is 0. The first-order valence-corrected chi connectivity index (χ1v) is 11.1. The molecule has 0 amide bonds. The van der Waals surface area contributed by atoms with Crippen LogP contribution in [0, 0.1) is 0 Å². The lowest BCUT2D eigenvalue weighted by atomic mass is 10.1. The second-order valence-corrected chi connectivity index (χ2v) is 7.93. The zero-order valence-electron chi connectivity index (χ0n) is 19.1. The number of methoxy groups -OCH3 is 2. The summed E-state index contributed by atoms with van der Waals surface area (Å²) in [6.45, 7) is 7.21. The van der Waals surface area contributed by atoms with Crippen molar-refractivity contribution in [3.05, 3.63) is 48.5 Å². The summed E-state index contributed by atoms with van der Waals surface area (Å²) in [5.74, 6) is 3.01. The number of nitrogens with zero attached hydrogens (tertiary/aromatic N) is 5. The summed E-state index contributed by atoms with van der Waals surface area (Å²) in [4.78, 5) is 14.4. The summed E-state index contributed by atoms with van der Waals surface area (Å²) in [6.07, 6.45) is 0. The van der Waals surface area contributed by atoms with Gasteiger partial charge in [-0.15, -0.1) is 0 Å². The van der Waals surface area contributed by atoms with Crippen LogP contribution in [-0.2, 0) is 0 Å². The van der Waals surface area contributed by atoms with Gasteiger partial charge in [-0.1, -0.05) is 36.3 Å². The zero-order chi connectivity index (χ0) is 22.8. The summed E-state index contributed by atoms with van der Waals surface area (Å²) in [5.41, 5.74) is 2.48. The van der Waals surface area contributed by atoms with Crippen molar-refractivity contribution < 1.29 is 14.0 Å². The van der Waals surface area contributed by atoms with E-state index >= 15 is 0 Å². The topological polar surface area (TPSA) is 76.8 Å². The van der Waals surface area contributed by atoms with Gasteiger partial charge in [-0.3, -0.25) is 0 Å². The fraction of sp³-hybridized carbons (Fsp3) is 0.320. The van der Waals surface area contributed by atoms with E-state index in [0.29, 0.717) is 28.8 Å². The average Bonchev–Trinajstić information content (AvgIpc) is 3.37. The van der Waals surface area contributed by atoms with Gasteiger partial charge in [0.1, 0.15) is 5.82 Å². The SMILES string of the molecule is CCN1CCN(c2cc(-c3nc(-c4cccc(OC)c4OC)no3)c3ccccc3n2)CC1. The minimum absolute atomic E-state index is 0.444. The van der Waals surface area contributed by atoms with Crippen LogP contribution in [0.3, 0.4) is 0 Å². The van der Waals surface area contributed by atoms with Gasteiger partial charge in [-0.25, -0.2) is 4.98 Å². The lowest BCUT2D eigenvalue weighted by Crippen LogP contribution is -2.46. The van der Waals surface area contributed by atoms with Gasteiger partial charge in [0, 0.05) is 31.6 Å². The van der Waals surface area contributed by atoms with Gasteiger partial charge in [-0.05, 0) is 30.8 Å². The molecular formula is C25H27N5O3. The van der Waals surface area contributed by atoms with Crippen LogP contribution in [0.25, 0.3) is 33.7 Å². The largest absolute Gasteiger partial charge is 0.493 e. The Morgan fingerprint density at radius 3 is 2.48 bits per heavy atom. The predicted octanol–water partition coefficient (Wildman–Crippen LogP) is 4.11. The molecular weight excluding hydrogens is 418 g/mol. The van der Waals surface area contributed by atoms with E-state index in [1.807, 2.05) is 42.5 Å². The van der Waals surface area contributed by atoms with E-state index in [2.05, 4.69) is 27.9 Å². The smallest absolute Gasteiger partial charge is 0.259 e. The average molecular weight is 446 g/mol. The van der Waals surface area contributed by atoms with Crippen molar-refractivity contribution in [1.29, 1.82) is 0 Å². The molecule has 0 bridgehead atoms. The van der Waals surface area contributed by atoms with Gasteiger partial charge in [-0.2, -0.15) is 4.98 Å². The van der Waals surface area contributed by atoms with Gasteiger partial charge in [0.05, 0.1) is 30.9 Å². The molecule has 8 nitrogen and oxygen atoms in total. The maximum Gasteiger partial charge on any atom is 0.259 e. The lowest BCUT2D eigenvalue weighted by molar-refractivity contribution is 0.270. The number of rotatable bonds is 6. The number of hydrogen-bond acceptors (Lipinski definition) is 8. The molecule has 33 heavy (non-hydrogen) atoms. The van der Waals surface area contributed by atoms with Crippen molar-refractivity contribution in [2.75, 3.05) is 51.8 Å². The summed E-state index contributed by atoms with van der Waals surface area (Å²) in [5, 5.41) is 5.23. The molecule has 1 aliphatic rings. The molecule has 5 rings (SSSR count). The van der Waals surface area contributed by atoms with Crippen molar-refractivity contribution >= 4 is 16.7 Å².